The van der Waals surface area contributed by atoms with Gasteiger partial charge in [-0.2, -0.15) is 0 Å². The van der Waals surface area contributed by atoms with Crippen LogP contribution in [0.2, 0.25) is 5.15 Å². The van der Waals surface area contributed by atoms with Crippen molar-refractivity contribution in [3.05, 3.63) is 29.0 Å². The molecule has 1 aromatic rings. The molecule has 0 amide bonds. The highest BCUT2D eigenvalue weighted by atomic mass is 35.5. The van der Waals surface area contributed by atoms with Crippen molar-refractivity contribution < 1.29 is 0 Å². The number of rotatable bonds is 2. The molecule has 0 atom stereocenters. The summed E-state index contributed by atoms with van der Waals surface area (Å²) in [6, 6.07) is 3.64. The summed E-state index contributed by atoms with van der Waals surface area (Å²) in [5.41, 5.74) is 1.04. The Morgan fingerprint density at radius 2 is 2.42 bits per heavy atom. The molecule has 1 rings (SSSR count). The van der Waals surface area contributed by atoms with Gasteiger partial charge in [0.05, 0.1) is 0 Å². The van der Waals surface area contributed by atoms with Crippen LogP contribution in [0, 0.1) is 0 Å². The van der Waals surface area contributed by atoms with Gasteiger partial charge in [0.15, 0.2) is 0 Å². The quantitative estimate of drug-likeness (QED) is 0.455. The first-order valence-electron chi connectivity index (χ1n) is 3.28. The molecular formula is C7H6ClN2SSi. The van der Waals surface area contributed by atoms with Crippen LogP contribution in [0.25, 0.3) is 0 Å². The van der Waals surface area contributed by atoms with E-state index in [9.17, 15) is 0 Å². The Bertz CT molecular complexity index is 275. The summed E-state index contributed by atoms with van der Waals surface area (Å²) < 4.78 is 0.588. The van der Waals surface area contributed by atoms with E-state index in [-0.39, 0.29) is 0 Å². The lowest BCUT2D eigenvalue weighted by molar-refractivity contribution is 0.928. The SMILES string of the molecule is [Si]C(=S)NCc1ccc(Cl)nc1. The molecule has 0 saturated heterocycles. The summed E-state index contributed by atoms with van der Waals surface area (Å²) in [7, 11) is 3.17. The first-order valence-corrected chi connectivity index (χ1v) is 4.57. The van der Waals surface area contributed by atoms with E-state index in [4.69, 9.17) is 23.8 Å². The number of pyridine rings is 1. The summed E-state index contributed by atoms with van der Waals surface area (Å²) >= 11 is 10.4. The van der Waals surface area contributed by atoms with Crippen LogP contribution in [0.4, 0.5) is 0 Å². The van der Waals surface area contributed by atoms with Crippen molar-refractivity contribution in [2.24, 2.45) is 0 Å². The van der Waals surface area contributed by atoms with Gasteiger partial charge < -0.3 is 5.32 Å². The maximum Gasteiger partial charge on any atom is 0.129 e. The molecule has 0 saturated carbocycles. The van der Waals surface area contributed by atoms with Crippen LogP contribution in [0.15, 0.2) is 18.3 Å². The van der Waals surface area contributed by atoms with Crippen molar-refractivity contribution in [3.8, 4) is 0 Å². The molecule has 0 aliphatic heterocycles. The fourth-order valence-corrected chi connectivity index (χ4v) is 0.966. The van der Waals surface area contributed by atoms with Gasteiger partial charge in [0, 0.05) is 17.4 Å². The predicted molar refractivity (Wildman–Crippen MR) is 54.4 cm³/mol. The molecule has 0 unspecified atom stereocenters. The van der Waals surface area contributed by atoms with Crippen LogP contribution < -0.4 is 5.32 Å². The Kier molecular flexibility index (Phi) is 3.65. The molecule has 1 heterocycles. The van der Waals surface area contributed by atoms with Crippen molar-refractivity contribution in [3.63, 3.8) is 0 Å². The van der Waals surface area contributed by atoms with E-state index in [2.05, 4.69) is 20.5 Å². The van der Waals surface area contributed by atoms with E-state index in [1.165, 1.54) is 0 Å². The van der Waals surface area contributed by atoms with Gasteiger partial charge in [-0.25, -0.2) is 4.98 Å². The third kappa shape index (κ3) is 3.30. The van der Waals surface area contributed by atoms with Crippen molar-refractivity contribution in [1.82, 2.24) is 10.3 Å². The van der Waals surface area contributed by atoms with Crippen molar-refractivity contribution >= 4 is 38.7 Å². The van der Waals surface area contributed by atoms with Crippen LogP contribution in [-0.4, -0.2) is 19.8 Å². The molecule has 12 heavy (non-hydrogen) atoms. The standard InChI is InChI=1S/C7H6ClN2SSi/c8-6-2-1-5(3-9-6)4-10-7(11)12/h1-3H,4H2,(H,10,11). The van der Waals surface area contributed by atoms with E-state index < -0.39 is 0 Å². The third-order valence-corrected chi connectivity index (χ3v) is 1.79. The lowest BCUT2D eigenvalue weighted by Crippen LogP contribution is -2.20. The number of hydrogen-bond donors (Lipinski definition) is 1. The second-order valence-electron chi connectivity index (χ2n) is 2.17. The molecule has 1 aromatic heterocycles. The second-order valence-corrected chi connectivity index (χ2v) is 3.83. The molecule has 0 bridgehead atoms. The van der Waals surface area contributed by atoms with Gasteiger partial charge >= 0.3 is 0 Å². The topological polar surface area (TPSA) is 24.9 Å². The summed E-state index contributed by atoms with van der Waals surface area (Å²) in [4.78, 5) is 3.92. The Balaban J connectivity index is 2.53. The molecule has 2 nitrogen and oxygen atoms in total. The number of nitrogens with one attached hydrogen (secondary N) is 1. The summed E-state index contributed by atoms with van der Waals surface area (Å²) in [5, 5.41) is 3.44. The zero-order valence-corrected chi connectivity index (χ0v) is 8.75. The lowest BCUT2D eigenvalue weighted by Gasteiger charge is -2.02. The minimum absolute atomic E-state index is 0.500. The minimum atomic E-state index is 0.500. The first-order chi connectivity index (χ1) is 5.68. The van der Waals surface area contributed by atoms with Gasteiger partial charge in [-0.15, -0.1) is 0 Å². The van der Waals surface area contributed by atoms with Crippen molar-refractivity contribution in [2.45, 2.75) is 6.54 Å². The van der Waals surface area contributed by atoms with Crippen LogP contribution >= 0.6 is 23.8 Å². The summed E-state index contributed by atoms with van der Waals surface area (Å²) in [6.45, 7) is 0.659. The number of halogens is 1. The molecule has 1 N–H and O–H groups in total. The van der Waals surface area contributed by atoms with E-state index in [0.29, 0.717) is 16.3 Å². The van der Waals surface area contributed by atoms with Gasteiger partial charge in [-0.05, 0) is 11.6 Å². The zero-order chi connectivity index (χ0) is 8.97. The molecule has 3 radical (unpaired) electrons. The molecule has 0 aromatic carbocycles. The van der Waals surface area contributed by atoms with E-state index in [1.807, 2.05) is 6.07 Å². The highest BCUT2D eigenvalue weighted by molar-refractivity contribution is 7.82. The van der Waals surface area contributed by atoms with Crippen LogP contribution in [0.5, 0.6) is 0 Å². The Morgan fingerprint density at radius 3 is 2.92 bits per heavy atom. The predicted octanol–water partition coefficient (Wildman–Crippen LogP) is 1.28. The summed E-state index contributed by atoms with van der Waals surface area (Å²) in [5.74, 6) is 0. The fourth-order valence-electron chi connectivity index (χ4n) is 0.693. The van der Waals surface area contributed by atoms with E-state index in [1.54, 1.807) is 12.3 Å². The molecule has 0 fully saturated rings. The Hall–Kier alpha value is -0.453. The maximum absolute atomic E-state index is 5.61. The maximum atomic E-state index is 5.61. The zero-order valence-electron chi connectivity index (χ0n) is 6.17. The van der Waals surface area contributed by atoms with Crippen LogP contribution in [0.3, 0.4) is 0 Å². The molecular weight excluding hydrogens is 208 g/mol. The lowest BCUT2D eigenvalue weighted by atomic mass is 10.3. The number of hydrogen-bond acceptors (Lipinski definition) is 2. The highest BCUT2D eigenvalue weighted by Crippen LogP contribution is 2.04. The Labute approximate surface area is 84.8 Å². The Morgan fingerprint density at radius 1 is 1.67 bits per heavy atom. The fraction of sp³-hybridized carbons (Fsp3) is 0.143. The highest BCUT2D eigenvalue weighted by Gasteiger charge is 1.93. The minimum Gasteiger partial charge on any atom is -0.380 e. The average Bonchev–Trinajstić information content (AvgIpc) is 2.03. The van der Waals surface area contributed by atoms with Crippen LogP contribution in [0.1, 0.15) is 5.56 Å². The molecule has 5 heteroatoms. The second kappa shape index (κ2) is 4.54. The third-order valence-electron chi connectivity index (χ3n) is 1.24. The molecule has 0 spiro atoms. The van der Waals surface area contributed by atoms with Gasteiger partial charge in [0.1, 0.15) is 15.4 Å². The molecule has 0 aliphatic rings. The number of thiocarbonyl (C=S) groups is 1. The average molecular weight is 214 g/mol. The van der Waals surface area contributed by atoms with Crippen molar-refractivity contribution in [1.29, 1.82) is 0 Å². The van der Waals surface area contributed by atoms with Crippen LogP contribution in [-0.2, 0) is 6.54 Å². The van der Waals surface area contributed by atoms with Crippen molar-refractivity contribution in [2.75, 3.05) is 0 Å². The molecule has 61 valence electrons. The van der Waals surface area contributed by atoms with Gasteiger partial charge in [-0.1, -0.05) is 29.9 Å². The monoisotopic (exact) mass is 213 g/mol. The normalized spacial score (nSPS) is 9.50. The first kappa shape index (κ1) is 9.63. The largest absolute Gasteiger partial charge is 0.380 e. The number of aromatic nitrogens is 1. The smallest absolute Gasteiger partial charge is 0.129 e. The number of nitrogens with zero attached hydrogens (tertiary/aromatic N) is 1. The summed E-state index contributed by atoms with van der Waals surface area (Å²) in [6.07, 6.45) is 1.71. The molecule has 0 aliphatic carbocycles. The van der Waals surface area contributed by atoms with Gasteiger partial charge in [-0.3, -0.25) is 0 Å². The van der Waals surface area contributed by atoms with E-state index in [0.717, 1.165) is 5.56 Å². The van der Waals surface area contributed by atoms with E-state index >= 15 is 0 Å². The van der Waals surface area contributed by atoms with Gasteiger partial charge in [0.2, 0.25) is 0 Å². The van der Waals surface area contributed by atoms with Gasteiger partial charge in [0.25, 0.3) is 0 Å².